The molecule has 2 atom stereocenters. The average Bonchev–Trinajstić information content (AvgIpc) is 2.20. The van der Waals surface area contributed by atoms with Crippen molar-refractivity contribution in [2.45, 2.75) is 46.2 Å². The molecule has 0 radical (unpaired) electrons. The molecule has 20 heavy (non-hydrogen) atoms. The molecule has 0 aliphatic rings. The van der Waals surface area contributed by atoms with Crippen LogP contribution >= 0.6 is 0 Å². The molecule has 2 amide bonds. The van der Waals surface area contributed by atoms with E-state index < -0.39 is 27.9 Å². The number of nitrogens with one attached hydrogen (secondary N) is 2. The molecule has 0 saturated carbocycles. The van der Waals surface area contributed by atoms with Gasteiger partial charge in [0.1, 0.15) is 15.9 Å². The number of carboxylic acids is 1. The molecule has 0 spiro atoms. The molecule has 2 unspecified atom stereocenters. The van der Waals surface area contributed by atoms with Crippen LogP contribution in [0.4, 0.5) is 4.79 Å². The van der Waals surface area contributed by atoms with Gasteiger partial charge in [0.05, 0.1) is 5.75 Å². The van der Waals surface area contributed by atoms with E-state index >= 15 is 0 Å². The molecule has 118 valence electrons. The number of amides is 2. The molecule has 8 heteroatoms. The van der Waals surface area contributed by atoms with Gasteiger partial charge in [-0.3, -0.25) is 0 Å². The van der Waals surface area contributed by atoms with Crippen LogP contribution in [0, 0.1) is 5.41 Å². The summed E-state index contributed by atoms with van der Waals surface area (Å²) in [5.74, 6) is -1.55. The second-order valence-electron chi connectivity index (χ2n) is 6.01. The second-order valence-corrected chi connectivity index (χ2v) is 8.27. The zero-order chi connectivity index (χ0) is 16.1. The van der Waals surface area contributed by atoms with Crippen molar-refractivity contribution in [1.29, 1.82) is 0 Å². The van der Waals surface area contributed by atoms with Crippen molar-refractivity contribution >= 4 is 21.8 Å². The maximum absolute atomic E-state index is 11.7. The lowest BCUT2D eigenvalue weighted by Crippen LogP contribution is -2.51. The molecule has 7 nitrogen and oxygen atoms in total. The Hall–Kier alpha value is -1.31. The number of carbonyl (C=O) groups excluding carboxylic acids is 1. The van der Waals surface area contributed by atoms with Crippen LogP contribution < -0.4 is 10.6 Å². The minimum Gasteiger partial charge on any atom is -0.480 e. The van der Waals surface area contributed by atoms with Crippen molar-refractivity contribution in [2.75, 3.05) is 12.0 Å². The van der Waals surface area contributed by atoms with Crippen LogP contribution in [0.1, 0.15) is 34.1 Å². The van der Waals surface area contributed by atoms with Crippen LogP contribution in [0.2, 0.25) is 0 Å². The third kappa shape index (κ3) is 7.98. The summed E-state index contributed by atoms with van der Waals surface area (Å²) in [6.07, 6.45) is 0.860. The number of sulfone groups is 1. The largest absolute Gasteiger partial charge is 0.480 e. The van der Waals surface area contributed by atoms with E-state index in [0.717, 1.165) is 6.26 Å². The third-order valence-electron chi connectivity index (χ3n) is 3.03. The van der Waals surface area contributed by atoms with Gasteiger partial charge in [0.25, 0.3) is 0 Å². The maximum atomic E-state index is 11.7. The predicted molar refractivity (Wildman–Crippen MR) is 76.3 cm³/mol. The van der Waals surface area contributed by atoms with Crippen LogP contribution in [-0.2, 0) is 14.6 Å². The van der Waals surface area contributed by atoms with Gasteiger partial charge in [0, 0.05) is 12.3 Å². The third-order valence-corrected chi connectivity index (χ3v) is 4.00. The van der Waals surface area contributed by atoms with Crippen molar-refractivity contribution in [3.63, 3.8) is 0 Å². The fraction of sp³-hybridized carbons (Fsp3) is 0.833. The lowest BCUT2D eigenvalue weighted by Gasteiger charge is -2.28. The van der Waals surface area contributed by atoms with E-state index in [9.17, 15) is 18.0 Å². The van der Waals surface area contributed by atoms with Gasteiger partial charge in [0.2, 0.25) is 0 Å². The molecule has 0 aromatic carbocycles. The van der Waals surface area contributed by atoms with Gasteiger partial charge in [-0.25, -0.2) is 18.0 Å². The molecular formula is C12H24N2O5S. The van der Waals surface area contributed by atoms with Crippen LogP contribution in [-0.4, -0.2) is 49.6 Å². The van der Waals surface area contributed by atoms with Crippen molar-refractivity contribution in [1.82, 2.24) is 10.6 Å². The Morgan fingerprint density at radius 3 is 2.05 bits per heavy atom. The first-order valence-electron chi connectivity index (χ1n) is 6.30. The lowest BCUT2D eigenvalue weighted by molar-refractivity contribution is -0.139. The molecule has 0 heterocycles. The molecule has 0 fully saturated rings. The Kier molecular flexibility index (Phi) is 6.46. The monoisotopic (exact) mass is 308 g/mol. The predicted octanol–water partition coefficient (Wildman–Crippen LogP) is 0.608. The van der Waals surface area contributed by atoms with Crippen LogP contribution in [0.25, 0.3) is 0 Å². The van der Waals surface area contributed by atoms with E-state index in [0.29, 0.717) is 0 Å². The van der Waals surface area contributed by atoms with E-state index in [1.165, 1.54) is 0 Å². The highest BCUT2D eigenvalue weighted by Crippen LogP contribution is 2.18. The summed E-state index contributed by atoms with van der Waals surface area (Å²) in [4.78, 5) is 22.7. The normalized spacial score (nSPS) is 15.2. The molecule has 0 aliphatic carbocycles. The second kappa shape index (κ2) is 6.92. The molecule has 3 N–H and O–H groups in total. The fourth-order valence-electron chi connectivity index (χ4n) is 1.20. The average molecular weight is 308 g/mol. The maximum Gasteiger partial charge on any atom is 0.326 e. The van der Waals surface area contributed by atoms with E-state index in [1.807, 2.05) is 27.7 Å². The van der Waals surface area contributed by atoms with E-state index in [1.54, 1.807) is 0 Å². The zero-order valence-electron chi connectivity index (χ0n) is 12.6. The van der Waals surface area contributed by atoms with Crippen molar-refractivity contribution in [3.8, 4) is 0 Å². The summed E-state index contributed by atoms with van der Waals surface area (Å²) in [7, 11) is -3.27. The van der Waals surface area contributed by atoms with Gasteiger partial charge in [-0.15, -0.1) is 0 Å². The van der Waals surface area contributed by atoms with E-state index in [-0.39, 0.29) is 23.6 Å². The number of hydrogen-bond donors (Lipinski definition) is 3. The first-order chi connectivity index (χ1) is 8.83. The van der Waals surface area contributed by atoms with Crippen molar-refractivity contribution in [3.05, 3.63) is 0 Å². The Bertz CT molecular complexity index is 453. The molecule has 0 aromatic rings. The number of urea groups is 1. The summed E-state index contributed by atoms with van der Waals surface area (Å²) in [5.41, 5.74) is -0.164. The zero-order valence-corrected chi connectivity index (χ0v) is 13.4. The van der Waals surface area contributed by atoms with Crippen molar-refractivity contribution in [2.24, 2.45) is 5.41 Å². The fourth-order valence-corrected chi connectivity index (χ4v) is 1.87. The van der Waals surface area contributed by atoms with E-state index in [4.69, 9.17) is 5.11 Å². The summed E-state index contributed by atoms with van der Waals surface area (Å²) >= 11 is 0. The van der Waals surface area contributed by atoms with Gasteiger partial charge in [-0.1, -0.05) is 20.8 Å². The van der Waals surface area contributed by atoms with Crippen molar-refractivity contribution < 1.29 is 23.1 Å². The first kappa shape index (κ1) is 18.7. The molecule has 0 bridgehead atoms. The van der Waals surface area contributed by atoms with Gasteiger partial charge >= 0.3 is 12.0 Å². The molecule has 0 aliphatic heterocycles. The quantitative estimate of drug-likeness (QED) is 0.665. The Balaban J connectivity index is 4.54. The topological polar surface area (TPSA) is 113 Å². The Morgan fingerprint density at radius 2 is 1.70 bits per heavy atom. The molecule has 0 aromatic heterocycles. The van der Waals surface area contributed by atoms with Crippen LogP contribution in [0.3, 0.4) is 0 Å². The van der Waals surface area contributed by atoms with Gasteiger partial charge in [0.15, 0.2) is 0 Å². The highest BCUT2D eigenvalue weighted by atomic mass is 32.2. The number of hydrogen-bond acceptors (Lipinski definition) is 4. The van der Waals surface area contributed by atoms with Crippen LogP contribution in [0.5, 0.6) is 0 Å². The highest BCUT2D eigenvalue weighted by Gasteiger charge is 2.25. The first-order valence-corrected chi connectivity index (χ1v) is 8.36. The smallest absolute Gasteiger partial charge is 0.326 e. The molecular weight excluding hydrogens is 284 g/mol. The number of carboxylic acid groups (broad SMARTS) is 1. The minimum atomic E-state index is -3.27. The number of carbonyl (C=O) groups is 2. The van der Waals surface area contributed by atoms with Crippen LogP contribution in [0.15, 0.2) is 0 Å². The standard InChI is InChI=1S/C12H24N2O5S/c1-8(12(2,3)4)13-11(17)14-9(10(15)16)6-7-20(5,18)19/h8-9H,6-7H2,1-5H3,(H,15,16)(H2,13,14,17). The van der Waals surface area contributed by atoms with Gasteiger partial charge < -0.3 is 15.7 Å². The molecule has 0 rings (SSSR count). The highest BCUT2D eigenvalue weighted by molar-refractivity contribution is 7.90. The Labute approximate surface area is 120 Å². The summed E-state index contributed by atoms with van der Waals surface area (Å²) in [6, 6.07) is -2.00. The number of rotatable bonds is 6. The van der Waals surface area contributed by atoms with E-state index in [2.05, 4.69) is 10.6 Å². The number of aliphatic carboxylic acids is 1. The SMILES string of the molecule is CC(NC(=O)NC(CCS(C)(=O)=O)C(=O)O)C(C)(C)C. The lowest BCUT2D eigenvalue weighted by atomic mass is 9.88. The van der Waals surface area contributed by atoms with Gasteiger partial charge in [-0.2, -0.15) is 0 Å². The summed E-state index contributed by atoms with van der Waals surface area (Å²) in [5, 5.41) is 13.9. The Morgan fingerprint density at radius 1 is 1.20 bits per heavy atom. The molecule has 0 saturated heterocycles. The summed E-state index contributed by atoms with van der Waals surface area (Å²) < 4.78 is 22.1. The van der Waals surface area contributed by atoms with Gasteiger partial charge in [-0.05, 0) is 18.8 Å². The summed E-state index contributed by atoms with van der Waals surface area (Å²) in [6.45, 7) is 7.63. The minimum absolute atomic E-state index is 0.160.